The molecule has 0 unspecified atom stereocenters. The molecule has 0 saturated carbocycles. The highest BCUT2D eigenvalue weighted by Gasteiger charge is 2.18. The minimum absolute atomic E-state index is 0.119. The van der Waals surface area contributed by atoms with Gasteiger partial charge in [-0.25, -0.2) is 8.42 Å². The Kier molecular flexibility index (Phi) is 8.04. The summed E-state index contributed by atoms with van der Waals surface area (Å²) in [5.74, 6) is -0.182. The third-order valence-electron chi connectivity index (χ3n) is 4.77. The van der Waals surface area contributed by atoms with E-state index >= 15 is 0 Å². The Labute approximate surface area is 192 Å². The van der Waals surface area contributed by atoms with Gasteiger partial charge in [-0.2, -0.15) is 0 Å². The first kappa shape index (κ1) is 23.9. The summed E-state index contributed by atoms with van der Waals surface area (Å²) in [6, 6.07) is 19.6. The van der Waals surface area contributed by atoms with Gasteiger partial charge in [0.15, 0.2) is 0 Å². The van der Waals surface area contributed by atoms with Crippen LogP contribution in [-0.2, 0) is 21.1 Å². The predicted octanol–water partition coefficient (Wildman–Crippen LogP) is 3.96. The van der Waals surface area contributed by atoms with Crippen molar-refractivity contribution >= 4 is 27.4 Å². The van der Waals surface area contributed by atoms with Crippen LogP contribution in [0.5, 0.6) is 5.75 Å². The molecule has 0 amide bonds. The van der Waals surface area contributed by atoms with E-state index in [-0.39, 0.29) is 15.5 Å². The van der Waals surface area contributed by atoms with Crippen LogP contribution in [-0.4, -0.2) is 32.6 Å². The number of halogens is 1. The minimum atomic E-state index is -3.70. The second-order valence-electron chi connectivity index (χ2n) is 7.24. The Morgan fingerprint density at radius 3 is 2.44 bits per heavy atom. The number of ether oxygens (including phenoxy) is 1. The van der Waals surface area contributed by atoms with Gasteiger partial charge in [0, 0.05) is 18.5 Å². The molecule has 0 bridgehead atoms. The van der Waals surface area contributed by atoms with Crippen molar-refractivity contribution < 1.29 is 23.1 Å². The van der Waals surface area contributed by atoms with Gasteiger partial charge in [-0.1, -0.05) is 35.9 Å². The maximum atomic E-state index is 13.0. The summed E-state index contributed by atoms with van der Waals surface area (Å²) in [7, 11) is -3.70. The van der Waals surface area contributed by atoms with Crippen molar-refractivity contribution in [3.8, 4) is 5.75 Å². The molecule has 32 heavy (non-hydrogen) atoms. The van der Waals surface area contributed by atoms with Crippen molar-refractivity contribution in [1.29, 1.82) is 0 Å². The zero-order valence-corrected chi connectivity index (χ0v) is 19.1. The standard InChI is InChI=1S/C24H24ClNO5S/c1-17(27)31-21-8-10-22(11-9-21)32(29,30)23-7-2-4-18(14-23)12-13-26-16-24(28)19-5-3-6-20(25)15-19/h2-11,14-15,24,26,28H,12-13,16H2,1H3/t24-/m1/s1. The molecule has 0 spiro atoms. The van der Waals surface area contributed by atoms with Crippen LogP contribution in [0.3, 0.4) is 0 Å². The van der Waals surface area contributed by atoms with E-state index in [1.807, 2.05) is 12.1 Å². The molecule has 0 aromatic heterocycles. The maximum Gasteiger partial charge on any atom is 0.308 e. The maximum absolute atomic E-state index is 13.0. The molecule has 0 aliphatic heterocycles. The number of carbonyl (C=O) groups is 1. The molecular formula is C24H24ClNO5S. The van der Waals surface area contributed by atoms with Gasteiger partial charge < -0.3 is 15.2 Å². The lowest BCUT2D eigenvalue weighted by Crippen LogP contribution is -2.23. The molecule has 2 N–H and O–H groups in total. The lowest BCUT2D eigenvalue weighted by Gasteiger charge is -2.13. The van der Waals surface area contributed by atoms with Crippen LogP contribution < -0.4 is 10.1 Å². The molecular weight excluding hydrogens is 450 g/mol. The molecule has 0 fully saturated rings. The van der Waals surface area contributed by atoms with Gasteiger partial charge in [0.2, 0.25) is 9.84 Å². The molecule has 6 nitrogen and oxygen atoms in total. The lowest BCUT2D eigenvalue weighted by molar-refractivity contribution is -0.131. The average Bonchev–Trinajstić information content (AvgIpc) is 2.77. The van der Waals surface area contributed by atoms with E-state index in [0.29, 0.717) is 24.5 Å². The molecule has 8 heteroatoms. The topological polar surface area (TPSA) is 92.7 Å². The summed E-state index contributed by atoms with van der Waals surface area (Å²) in [5, 5.41) is 14.0. The van der Waals surface area contributed by atoms with Crippen molar-refractivity contribution in [2.24, 2.45) is 0 Å². The highest BCUT2D eigenvalue weighted by molar-refractivity contribution is 7.91. The quantitative estimate of drug-likeness (QED) is 0.277. The molecule has 3 aromatic rings. The predicted molar refractivity (Wildman–Crippen MR) is 123 cm³/mol. The molecule has 168 valence electrons. The SMILES string of the molecule is CC(=O)Oc1ccc(S(=O)(=O)c2cccc(CCNC[C@@H](O)c3cccc(Cl)c3)c2)cc1. The van der Waals surface area contributed by atoms with Crippen LogP contribution in [0.25, 0.3) is 0 Å². The van der Waals surface area contributed by atoms with Gasteiger partial charge >= 0.3 is 5.97 Å². The smallest absolute Gasteiger partial charge is 0.308 e. The van der Waals surface area contributed by atoms with Gasteiger partial charge in [0.25, 0.3) is 0 Å². The number of aliphatic hydroxyl groups is 1. The second-order valence-corrected chi connectivity index (χ2v) is 9.63. The van der Waals surface area contributed by atoms with Crippen LogP contribution in [0.2, 0.25) is 5.02 Å². The monoisotopic (exact) mass is 473 g/mol. The Balaban J connectivity index is 1.60. The Bertz CT molecular complexity index is 1180. The Morgan fingerprint density at radius 1 is 1.03 bits per heavy atom. The van der Waals surface area contributed by atoms with Crippen molar-refractivity contribution in [3.63, 3.8) is 0 Å². The summed E-state index contributed by atoms with van der Waals surface area (Å²) in [6.45, 7) is 2.20. The number of benzene rings is 3. The number of hydrogen-bond donors (Lipinski definition) is 2. The molecule has 0 radical (unpaired) electrons. The van der Waals surface area contributed by atoms with Crippen molar-refractivity contribution in [3.05, 3.63) is 88.9 Å². The van der Waals surface area contributed by atoms with E-state index in [9.17, 15) is 18.3 Å². The van der Waals surface area contributed by atoms with Crippen LogP contribution in [0, 0.1) is 0 Å². The van der Waals surface area contributed by atoms with Gasteiger partial charge in [-0.3, -0.25) is 4.79 Å². The summed E-state index contributed by atoms with van der Waals surface area (Å²) < 4.78 is 30.9. The van der Waals surface area contributed by atoms with Crippen LogP contribution in [0.1, 0.15) is 24.2 Å². The Morgan fingerprint density at radius 2 is 1.75 bits per heavy atom. The van der Waals surface area contributed by atoms with Gasteiger partial charge in [0.05, 0.1) is 15.9 Å². The molecule has 0 saturated heterocycles. The van der Waals surface area contributed by atoms with Crippen LogP contribution >= 0.6 is 11.6 Å². The summed E-state index contributed by atoms with van der Waals surface area (Å²) in [4.78, 5) is 11.3. The number of aliphatic hydroxyl groups excluding tert-OH is 1. The minimum Gasteiger partial charge on any atom is -0.427 e. The normalized spacial score (nSPS) is 12.3. The van der Waals surface area contributed by atoms with Crippen LogP contribution in [0.4, 0.5) is 0 Å². The average molecular weight is 474 g/mol. The van der Waals surface area contributed by atoms with E-state index in [2.05, 4.69) is 5.32 Å². The molecule has 0 aliphatic rings. The van der Waals surface area contributed by atoms with E-state index in [0.717, 1.165) is 11.1 Å². The van der Waals surface area contributed by atoms with E-state index in [1.54, 1.807) is 36.4 Å². The largest absolute Gasteiger partial charge is 0.427 e. The number of hydrogen-bond acceptors (Lipinski definition) is 6. The van der Waals surface area contributed by atoms with E-state index in [1.165, 1.54) is 31.2 Å². The molecule has 0 heterocycles. The first-order chi connectivity index (χ1) is 15.3. The number of nitrogens with one attached hydrogen (secondary N) is 1. The van der Waals surface area contributed by atoms with Crippen molar-refractivity contribution in [1.82, 2.24) is 5.32 Å². The fourth-order valence-corrected chi connectivity index (χ4v) is 4.69. The third-order valence-corrected chi connectivity index (χ3v) is 6.77. The van der Waals surface area contributed by atoms with Crippen molar-refractivity contribution in [2.45, 2.75) is 29.2 Å². The summed E-state index contributed by atoms with van der Waals surface area (Å²) >= 11 is 5.95. The number of carbonyl (C=O) groups excluding carboxylic acids is 1. The number of rotatable bonds is 9. The zero-order valence-electron chi connectivity index (χ0n) is 17.5. The third kappa shape index (κ3) is 6.40. The van der Waals surface area contributed by atoms with E-state index in [4.69, 9.17) is 16.3 Å². The zero-order chi connectivity index (χ0) is 23.1. The first-order valence-electron chi connectivity index (χ1n) is 10.0. The summed E-state index contributed by atoms with van der Waals surface area (Å²) in [6.07, 6.45) is -0.0906. The second kappa shape index (κ2) is 10.7. The molecule has 3 rings (SSSR count). The summed E-state index contributed by atoms with van der Waals surface area (Å²) in [5.41, 5.74) is 1.59. The Hall–Kier alpha value is -2.71. The van der Waals surface area contributed by atoms with Crippen molar-refractivity contribution in [2.75, 3.05) is 13.1 Å². The first-order valence-corrected chi connectivity index (χ1v) is 11.9. The van der Waals surface area contributed by atoms with Gasteiger partial charge in [-0.15, -0.1) is 0 Å². The van der Waals surface area contributed by atoms with Gasteiger partial charge in [0.1, 0.15) is 5.75 Å². The lowest BCUT2D eigenvalue weighted by atomic mass is 10.1. The number of sulfone groups is 1. The highest BCUT2D eigenvalue weighted by Crippen LogP contribution is 2.24. The number of esters is 1. The fraction of sp³-hybridized carbons (Fsp3) is 0.208. The van der Waals surface area contributed by atoms with Crippen LogP contribution in [0.15, 0.2) is 82.6 Å². The van der Waals surface area contributed by atoms with Gasteiger partial charge in [-0.05, 0) is 72.6 Å². The highest BCUT2D eigenvalue weighted by atomic mass is 35.5. The fourth-order valence-electron chi connectivity index (χ4n) is 3.16. The van der Waals surface area contributed by atoms with E-state index < -0.39 is 21.9 Å². The molecule has 3 aromatic carbocycles. The molecule has 1 atom stereocenters. The molecule has 0 aliphatic carbocycles.